The fourth-order valence-electron chi connectivity index (χ4n) is 2.21. The summed E-state index contributed by atoms with van der Waals surface area (Å²) in [5.74, 6) is 0. The number of nitrogens with zero attached hydrogens (tertiary/aromatic N) is 2. The van der Waals surface area contributed by atoms with E-state index in [-0.39, 0.29) is 5.56 Å². The van der Waals surface area contributed by atoms with Crippen LogP contribution < -0.4 is 5.56 Å². The van der Waals surface area contributed by atoms with Crippen molar-refractivity contribution in [2.75, 3.05) is 0 Å². The van der Waals surface area contributed by atoms with Gasteiger partial charge >= 0.3 is 0 Å². The van der Waals surface area contributed by atoms with Crippen molar-refractivity contribution in [3.8, 4) is 0 Å². The van der Waals surface area contributed by atoms with Gasteiger partial charge in [0, 0.05) is 29.9 Å². The third kappa shape index (κ3) is 3.73. The van der Waals surface area contributed by atoms with Crippen molar-refractivity contribution >= 4 is 17.3 Å². The molecular weight excluding hydrogens is 288 g/mol. The molecule has 0 aliphatic carbocycles. The normalized spacial score (nSPS) is 11.7. The highest BCUT2D eigenvalue weighted by atomic mass is 35.5. The Bertz CT molecular complexity index is 735. The molecule has 1 N–H and O–H groups in total. The van der Waals surface area contributed by atoms with Crippen LogP contribution >= 0.6 is 11.6 Å². The third-order valence-electron chi connectivity index (χ3n) is 3.48. The Labute approximate surface area is 128 Å². The molecule has 0 fully saturated rings. The molecule has 0 aliphatic rings. The van der Waals surface area contributed by atoms with Gasteiger partial charge in [0.1, 0.15) is 0 Å². The predicted molar refractivity (Wildman–Crippen MR) is 84.5 cm³/mol. The van der Waals surface area contributed by atoms with Crippen molar-refractivity contribution in [3.05, 3.63) is 68.6 Å². The van der Waals surface area contributed by atoms with Gasteiger partial charge in [0.2, 0.25) is 5.56 Å². The summed E-state index contributed by atoms with van der Waals surface area (Å²) in [6.45, 7) is 2.00. The van der Waals surface area contributed by atoms with Crippen LogP contribution in [-0.2, 0) is 13.5 Å². The quantitative estimate of drug-likeness (QED) is 0.536. The summed E-state index contributed by atoms with van der Waals surface area (Å²) in [5, 5.41) is 13.3. The second-order valence-electron chi connectivity index (χ2n) is 4.98. The molecule has 1 aromatic heterocycles. The zero-order chi connectivity index (χ0) is 15.4. The van der Waals surface area contributed by atoms with Gasteiger partial charge in [-0.15, -0.1) is 0 Å². The minimum absolute atomic E-state index is 0.0930. The number of pyridine rings is 1. The maximum Gasteiger partial charge on any atom is 0.250 e. The molecule has 0 atom stereocenters. The van der Waals surface area contributed by atoms with Crippen LogP contribution in [0.5, 0.6) is 0 Å². The number of hydrogen-bond acceptors (Lipinski definition) is 3. The van der Waals surface area contributed by atoms with E-state index in [1.807, 2.05) is 25.1 Å². The van der Waals surface area contributed by atoms with E-state index >= 15 is 0 Å². The molecule has 0 bridgehead atoms. The van der Waals surface area contributed by atoms with E-state index in [0.29, 0.717) is 17.2 Å². The first-order chi connectivity index (χ1) is 10.0. The van der Waals surface area contributed by atoms with Crippen LogP contribution in [0.25, 0.3) is 0 Å². The average molecular weight is 305 g/mol. The van der Waals surface area contributed by atoms with Gasteiger partial charge in [-0.05, 0) is 49.1 Å². The van der Waals surface area contributed by atoms with E-state index in [9.17, 15) is 10.0 Å². The maximum absolute atomic E-state index is 11.4. The summed E-state index contributed by atoms with van der Waals surface area (Å²) in [4.78, 5) is 11.4. The average Bonchev–Trinajstić information content (AvgIpc) is 2.45. The molecule has 4 nitrogen and oxygen atoms in total. The Kier molecular flexibility index (Phi) is 4.81. The lowest BCUT2D eigenvalue weighted by molar-refractivity contribution is 0.318. The Balaban J connectivity index is 2.16. The highest BCUT2D eigenvalue weighted by Crippen LogP contribution is 2.17. The van der Waals surface area contributed by atoms with Crippen LogP contribution in [0, 0.1) is 6.92 Å². The van der Waals surface area contributed by atoms with Gasteiger partial charge in [0.25, 0.3) is 0 Å². The van der Waals surface area contributed by atoms with Crippen molar-refractivity contribution in [1.29, 1.82) is 0 Å². The molecule has 0 saturated carbocycles. The smallest absolute Gasteiger partial charge is 0.250 e. The van der Waals surface area contributed by atoms with E-state index < -0.39 is 0 Å². The lowest BCUT2D eigenvalue weighted by Crippen LogP contribution is -2.17. The lowest BCUT2D eigenvalue weighted by atomic mass is 10.00. The van der Waals surface area contributed by atoms with Crippen LogP contribution in [-0.4, -0.2) is 15.5 Å². The number of aryl methyl sites for hydroxylation is 3. The largest absolute Gasteiger partial charge is 0.411 e. The first-order valence-electron chi connectivity index (χ1n) is 6.64. The van der Waals surface area contributed by atoms with Crippen molar-refractivity contribution in [2.45, 2.75) is 19.8 Å². The number of rotatable bonds is 4. The molecule has 0 unspecified atom stereocenters. The number of oxime groups is 1. The molecule has 2 aromatic rings. The van der Waals surface area contributed by atoms with E-state index in [1.165, 1.54) is 10.6 Å². The van der Waals surface area contributed by atoms with E-state index in [0.717, 1.165) is 23.1 Å². The molecule has 2 rings (SSSR count). The highest BCUT2D eigenvalue weighted by molar-refractivity contribution is 6.30. The molecule has 0 amide bonds. The zero-order valence-electron chi connectivity index (χ0n) is 12.0. The topological polar surface area (TPSA) is 54.6 Å². The minimum Gasteiger partial charge on any atom is -0.411 e. The Morgan fingerprint density at radius 1 is 1.33 bits per heavy atom. The SMILES string of the molecule is Cc1cc(Cl)ccc1CCC(=NO)c1ccc(=O)n(C)c1. The second kappa shape index (κ2) is 6.59. The van der Waals surface area contributed by atoms with E-state index in [2.05, 4.69) is 5.16 Å². The van der Waals surface area contributed by atoms with Crippen LogP contribution in [0.3, 0.4) is 0 Å². The van der Waals surface area contributed by atoms with Crippen molar-refractivity contribution < 1.29 is 5.21 Å². The summed E-state index contributed by atoms with van der Waals surface area (Å²) in [7, 11) is 1.67. The summed E-state index contributed by atoms with van der Waals surface area (Å²) >= 11 is 5.94. The van der Waals surface area contributed by atoms with Gasteiger partial charge in [0.05, 0.1) is 5.71 Å². The summed E-state index contributed by atoms with van der Waals surface area (Å²) in [6.07, 6.45) is 2.99. The first kappa shape index (κ1) is 15.3. The molecule has 110 valence electrons. The molecule has 5 heteroatoms. The maximum atomic E-state index is 11.4. The minimum atomic E-state index is -0.0930. The molecule has 1 aromatic carbocycles. The summed E-state index contributed by atoms with van der Waals surface area (Å²) in [5.41, 5.74) is 3.47. The van der Waals surface area contributed by atoms with Gasteiger partial charge in [-0.25, -0.2) is 0 Å². The molecule has 1 heterocycles. The summed E-state index contributed by atoms with van der Waals surface area (Å²) in [6, 6.07) is 8.89. The van der Waals surface area contributed by atoms with Crippen LogP contribution in [0.1, 0.15) is 23.1 Å². The molecule has 0 saturated heterocycles. The van der Waals surface area contributed by atoms with Crippen LogP contribution in [0.15, 0.2) is 46.5 Å². The fourth-order valence-corrected chi connectivity index (χ4v) is 2.44. The molecule has 0 spiro atoms. The van der Waals surface area contributed by atoms with Gasteiger partial charge in [-0.2, -0.15) is 0 Å². The molecule has 0 radical (unpaired) electrons. The Morgan fingerprint density at radius 2 is 2.10 bits per heavy atom. The fraction of sp³-hybridized carbons (Fsp3) is 0.250. The molecule has 0 aliphatic heterocycles. The van der Waals surface area contributed by atoms with Crippen molar-refractivity contribution in [3.63, 3.8) is 0 Å². The zero-order valence-corrected chi connectivity index (χ0v) is 12.8. The number of aromatic nitrogens is 1. The first-order valence-corrected chi connectivity index (χ1v) is 7.02. The Hall–Kier alpha value is -2.07. The van der Waals surface area contributed by atoms with Gasteiger partial charge < -0.3 is 9.77 Å². The van der Waals surface area contributed by atoms with Gasteiger partial charge in [-0.1, -0.05) is 22.8 Å². The lowest BCUT2D eigenvalue weighted by Gasteiger charge is -2.09. The van der Waals surface area contributed by atoms with Crippen molar-refractivity contribution in [1.82, 2.24) is 4.57 Å². The van der Waals surface area contributed by atoms with Crippen molar-refractivity contribution in [2.24, 2.45) is 12.2 Å². The number of halogens is 1. The monoisotopic (exact) mass is 304 g/mol. The number of benzene rings is 1. The van der Waals surface area contributed by atoms with Crippen LogP contribution in [0.4, 0.5) is 0 Å². The molecule has 21 heavy (non-hydrogen) atoms. The number of hydrogen-bond donors (Lipinski definition) is 1. The van der Waals surface area contributed by atoms with Gasteiger partial charge in [0.15, 0.2) is 0 Å². The van der Waals surface area contributed by atoms with E-state index in [1.54, 1.807) is 19.3 Å². The highest BCUT2D eigenvalue weighted by Gasteiger charge is 2.08. The Morgan fingerprint density at radius 3 is 2.71 bits per heavy atom. The second-order valence-corrected chi connectivity index (χ2v) is 5.42. The predicted octanol–water partition coefficient (Wildman–Crippen LogP) is 3.16. The van der Waals surface area contributed by atoms with E-state index in [4.69, 9.17) is 11.6 Å². The summed E-state index contributed by atoms with van der Waals surface area (Å²) < 4.78 is 1.47. The van der Waals surface area contributed by atoms with Crippen LogP contribution in [0.2, 0.25) is 5.02 Å². The standard InChI is InChI=1S/C16H17ClN2O2/c1-11-9-14(17)6-3-12(11)4-7-15(18-21)13-5-8-16(20)19(2)10-13/h3,5-6,8-10,21H,4,7H2,1-2H3. The molecular formula is C16H17ClN2O2. The van der Waals surface area contributed by atoms with Gasteiger partial charge in [-0.3, -0.25) is 4.79 Å². The third-order valence-corrected chi connectivity index (χ3v) is 3.71.